The van der Waals surface area contributed by atoms with Gasteiger partial charge in [0, 0.05) is 17.2 Å². The van der Waals surface area contributed by atoms with E-state index in [0.717, 1.165) is 5.52 Å². The molecular weight excluding hydrogens is 256 g/mol. The Hall–Kier alpha value is -2.82. The summed E-state index contributed by atoms with van der Waals surface area (Å²) in [5.74, 6) is 0.659. The van der Waals surface area contributed by atoms with Gasteiger partial charge in [-0.1, -0.05) is 6.07 Å². The van der Waals surface area contributed by atoms with Gasteiger partial charge in [0.2, 0.25) is 11.8 Å². The summed E-state index contributed by atoms with van der Waals surface area (Å²) in [5.41, 5.74) is 7.75. The van der Waals surface area contributed by atoms with Gasteiger partial charge in [-0.25, -0.2) is 4.98 Å². The van der Waals surface area contributed by atoms with Crippen molar-refractivity contribution in [3.63, 3.8) is 0 Å². The number of rotatable bonds is 3. The maximum Gasteiger partial charge on any atom is 0.248 e. The molecule has 2 aromatic carbocycles. The Bertz CT molecular complexity index is 793. The molecule has 3 aromatic rings. The lowest BCUT2D eigenvalue weighted by atomic mass is 10.1. The maximum absolute atomic E-state index is 11.2. The third-order valence-corrected chi connectivity index (χ3v) is 2.99. The van der Waals surface area contributed by atoms with Crippen LogP contribution in [0.25, 0.3) is 22.6 Å². The average molecular weight is 268 g/mol. The summed E-state index contributed by atoms with van der Waals surface area (Å²) in [6, 6.07) is 12.3. The highest BCUT2D eigenvalue weighted by molar-refractivity contribution is 5.94. The van der Waals surface area contributed by atoms with Crippen molar-refractivity contribution < 1.29 is 13.9 Å². The van der Waals surface area contributed by atoms with Crippen molar-refractivity contribution in [2.24, 2.45) is 5.73 Å². The van der Waals surface area contributed by atoms with E-state index in [2.05, 4.69) is 4.98 Å². The molecule has 0 radical (unpaired) electrons. The topological polar surface area (TPSA) is 78.4 Å². The second-order valence-corrected chi connectivity index (χ2v) is 4.30. The number of nitrogens with zero attached hydrogens (tertiary/aromatic N) is 1. The van der Waals surface area contributed by atoms with Crippen LogP contribution in [-0.2, 0) is 0 Å². The molecule has 0 aliphatic rings. The van der Waals surface area contributed by atoms with E-state index in [1.165, 1.54) is 0 Å². The molecule has 1 aromatic heterocycles. The summed E-state index contributed by atoms with van der Waals surface area (Å²) in [6.45, 7) is 0. The molecule has 0 bridgehead atoms. The molecule has 0 aliphatic carbocycles. The average Bonchev–Trinajstić information content (AvgIpc) is 2.90. The van der Waals surface area contributed by atoms with E-state index in [0.29, 0.717) is 28.4 Å². The van der Waals surface area contributed by atoms with Gasteiger partial charge in [0.15, 0.2) is 5.58 Å². The molecule has 0 saturated carbocycles. The zero-order valence-electron chi connectivity index (χ0n) is 10.8. The number of ether oxygens (including phenoxy) is 1. The normalized spacial score (nSPS) is 10.7. The van der Waals surface area contributed by atoms with Crippen LogP contribution in [0.3, 0.4) is 0 Å². The van der Waals surface area contributed by atoms with Crippen molar-refractivity contribution in [1.29, 1.82) is 0 Å². The van der Waals surface area contributed by atoms with Gasteiger partial charge in [-0.3, -0.25) is 4.79 Å². The largest absolute Gasteiger partial charge is 0.497 e. The summed E-state index contributed by atoms with van der Waals surface area (Å²) in [5, 5.41) is 0. The smallest absolute Gasteiger partial charge is 0.248 e. The van der Waals surface area contributed by atoms with Crippen LogP contribution in [0.15, 0.2) is 46.9 Å². The van der Waals surface area contributed by atoms with Crippen molar-refractivity contribution in [3.8, 4) is 17.2 Å². The molecule has 0 atom stereocenters. The van der Waals surface area contributed by atoms with Gasteiger partial charge in [0.05, 0.1) is 7.11 Å². The lowest BCUT2D eigenvalue weighted by Crippen LogP contribution is -2.10. The van der Waals surface area contributed by atoms with Crippen LogP contribution in [0, 0.1) is 0 Å². The number of amides is 1. The van der Waals surface area contributed by atoms with Crippen molar-refractivity contribution in [2.45, 2.75) is 0 Å². The number of hydrogen-bond donors (Lipinski definition) is 1. The molecule has 5 nitrogen and oxygen atoms in total. The molecule has 0 aliphatic heterocycles. The number of fused-ring (bicyclic) bond motifs is 1. The minimum atomic E-state index is -0.482. The molecule has 5 heteroatoms. The predicted octanol–water partition coefficient (Wildman–Crippen LogP) is 2.60. The Morgan fingerprint density at radius 3 is 2.85 bits per heavy atom. The van der Waals surface area contributed by atoms with Crippen LogP contribution in [0.5, 0.6) is 5.75 Å². The van der Waals surface area contributed by atoms with E-state index >= 15 is 0 Å². The number of aromatic nitrogens is 1. The molecule has 2 N–H and O–H groups in total. The van der Waals surface area contributed by atoms with Gasteiger partial charge >= 0.3 is 0 Å². The van der Waals surface area contributed by atoms with E-state index in [9.17, 15) is 4.79 Å². The summed E-state index contributed by atoms with van der Waals surface area (Å²) < 4.78 is 10.8. The zero-order valence-corrected chi connectivity index (χ0v) is 10.8. The Morgan fingerprint density at radius 2 is 2.10 bits per heavy atom. The van der Waals surface area contributed by atoms with Gasteiger partial charge in [-0.05, 0) is 30.3 Å². The van der Waals surface area contributed by atoms with Gasteiger partial charge in [-0.2, -0.15) is 0 Å². The molecule has 3 rings (SSSR count). The lowest BCUT2D eigenvalue weighted by molar-refractivity contribution is 0.100. The molecular formula is C15H12N2O3. The maximum atomic E-state index is 11.2. The fraction of sp³-hybridized carbons (Fsp3) is 0.0667. The minimum absolute atomic E-state index is 0.419. The van der Waals surface area contributed by atoms with E-state index in [1.54, 1.807) is 31.4 Å². The zero-order chi connectivity index (χ0) is 14.1. The standard InChI is InChI=1S/C15H12N2O3/c1-19-11-5-6-12-13(8-11)20-15(17-12)10-4-2-3-9(7-10)14(16)18/h2-8H,1H3,(H2,16,18). The van der Waals surface area contributed by atoms with Crippen LogP contribution in [0.1, 0.15) is 10.4 Å². The number of primary amides is 1. The molecule has 100 valence electrons. The molecule has 0 unspecified atom stereocenters. The van der Waals surface area contributed by atoms with E-state index < -0.39 is 5.91 Å². The second-order valence-electron chi connectivity index (χ2n) is 4.30. The molecule has 20 heavy (non-hydrogen) atoms. The molecule has 1 heterocycles. The Morgan fingerprint density at radius 1 is 1.25 bits per heavy atom. The first-order valence-electron chi connectivity index (χ1n) is 6.02. The highest BCUT2D eigenvalue weighted by Crippen LogP contribution is 2.27. The highest BCUT2D eigenvalue weighted by atomic mass is 16.5. The van der Waals surface area contributed by atoms with Crippen LogP contribution in [0.2, 0.25) is 0 Å². The monoisotopic (exact) mass is 268 g/mol. The number of hydrogen-bond acceptors (Lipinski definition) is 4. The third-order valence-electron chi connectivity index (χ3n) is 2.99. The number of oxazole rings is 1. The number of carbonyl (C=O) groups is 1. The van der Waals surface area contributed by atoms with Gasteiger partial charge in [0.25, 0.3) is 0 Å². The predicted molar refractivity (Wildman–Crippen MR) is 74.5 cm³/mol. The molecule has 1 amide bonds. The minimum Gasteiger partial charge on any atom is -0.497 e. The van der Waals surface area contributed by atoms with E-state index in [4.69, 9.17) is 14.9 Å². The second kappa shape index (κ2) is 4.70. The van der Waals surface area contributed by atoms with Gasteiger partial charge < -0.3 is 14.9 Å². The summed E-state index contributed by atoms with van der Waals surface area (Å²) in [6.07, 6.45) is 0. The van der Waals surface area contributed by atoms with Crippen molar-refractivity contribution in [2.75, 3.05) is 7.11 Å². The number of methoxy groups -OCH3 is 1. The number of benzene rings is 2. The highest BCUT2D eigenvalue weighted by Gasteiger charge is 2.10. The van der Waals surface area contributed by atoms with E-state index in [-0.39, 0.29) is 0 Å². The van der Waals surface area contributed by atoms with Crippen LogP contribution >= 0.6 is 0 Å². The molecule has 0 spiro atoms. The molecule has 0 saturated heterocycles. The summed E-state index contributed by atoms with van der Waals surface area (Å²) in [7, 11) is 1.59. The SMILES string of the molecule is COc1ccc2nc(-c3cccc(C(N)=O)c3)oc2c1. The fourth-order valence-electron chi connectivity index (χ4n) is 1.96. The van der Waals surface area contributed by atoms with Crippen LogP contribution < -0.4 is 10.5 Å². The first-order chi connectivity index (χ1) is 9.67. The van der Waals surface area contributed by atoms with Crippen molar-refractivity contribution >= 4 is 17.0 Å². The first-order valence-corrected chi connectivity index (χ1v) is 6.02. The van der Waals surface area contributed by atoms with Crippen LogP contribution in [-0.4, -0.2) is 18.0 Å². The summed E-state index contributed by atoms with van der Waals surface area (Å²) in [4.78, 5) is 15.6. The van der Waals surface area contributed by atoms with Crippen molar-refractivity contribution in [3.05, 3.63) is 48.0 Å². The number of carbonyl (C=O) groups excluding carboxylic acids is 1. The Labute approximate surface area is 115 Å². The van der Waals surface area contributed by atoms with E-state index in [1.807, 2.05) is 18.2 Å². The van der Waals surface area contributed by atoms with Crippen LogP contribution in [0.4, 0.5) is 0 Å². The fourth-order valence-corrected chi connectivity index (χ4v) is 1.96. The first kappa shape index (κ1) is 12.2. The Kier molecular flexibility index (Phi) is 2.87. The number of nitrogens with two attached hydrogens (primary N) is 1. The molecule has 0 fully saturated rings. The van der Waals surface area contributed by atoms with Gasteiger partial charge in [0.1, 0.15) is 11.3 Å². The van der Waals surface area contributed by atoms with Crippen molar-refractivity contribution in [1.82, 2.24) is 4.98 Å². The third kappa shape index (κ3) is 2.09. The quantitative estimate of drug-likeness (QED) is 0.792. The van der Waals surface area contributed by atoms with Gasteiger partial charge in [-0.15, -0.1) is 0 Å². The lowest BCUT2D eigenvalue weighted by Gasteiger charge is -1.98. The summed E-state index contributed by atoms with van der Waals surface area (Å²) >= 11 is 0. The Balaban J connectivity index is 2.10.